The highest BCUT2D eigenvalue weighted by Gasteiger charge is 2.21. The molecule has 2 aromatic rings. The van der Waals surface area contributed by atoms with E-state index in [1.807, 2.05) is 32.0 Å². The van der Waals surface area contributed by atoms with Gasteiger partial charge >= 0.3 is 0 Å². The van der Waals surface area contributed by atoms with Crippen molar-refractivity contribution in [3.05, 3.63) is 50.9 Å². The van der Waals surface area contributed by atoms with E-state index in [2.05, 4.69) is 15.5 Å². The van der Waals surface area contributed by atoms with E-state index < -0.39 is 5.91 Å². The van der Waals surface area contributed by atoms with Crippen LogP contribution in [0.1, 0.15) is 27.2 Å². The lowest BCUT2D eigenvalue weighted by molar-refractivity contribution is 0.0964. The van der Waals surface area contributed by atoms with E-state index in [9.17, 15) is 9.59 Å². The summed E-state index contributed by atoms with van der Waals surface area (Å²) in [6, 6.07) is 5.71. The molecule has 0 fully saturated rings. The third-order valence-corrected chi connectivity index (χ3v) is 4.18. The van der Waals surface area contributed by atoms with Crippen molar-refractivity contribution < 1.29 is 4.79 Å². The second-order valence-electron chi connectivity index (χ2n) is 6.09. The number of aromatic nitrogens is 2. The van der Waals surface area contributed by atoms with Gasteiger partial charge in [-0.25, -0.2) is 10.5 Å². The molecule has 0 saturated heterocycles. The molecular formula is C17H23N7O2. The number of nitrogens with one attached hydrogen (secondary N) is 1. The van der Waals surface area contributed by atoms with Crippen molar-refractivity contribution in [2.24, 2.45) is 23.8 Å². The summed E-state index contributed by atoms with van der Waals surface area (Å²) in [5, 5.41) is 11.0. The minimum atomic E-state index is -0.565. The lowest BCUT2D eigenvalue weighted by atomic mass is 9.97. The molecule has 0 aliphatic carbocycles. The summed E-state index contributed by atoms with van der Waals surface area (Å²) in [5.41, 5.74) is 3.58. The maximum Gasteiger partial charge on any atom is 0.278 e. The molecule has 0 aliphatic rings. The number of aryl methyl sites for hydroxylation is 3. The number of carbonyl (C=O) groups is 1. The minimum Gasteiger partial charge on any atom is -0.320 e. The Bertz CT molecular complexity index is 945. The highest BCUT2D eigenvalue weighted by atomic mass is 16.2. The lowest BCUT2D eigenvalue weighted by Crippen LogP contribution is -2.47. The summed E-state index contributed by atoms with van der Waals surface area (Å²) < 4.78 is 1.14. The molecule has 0 unspecified atom stereocenters. The molecule has 0 radical (unpaired) electrons. The number of nitrogens with two attached hydrogens (primary N) is 2. The summed E-state index contributed by atoms with van der Waals surface area (Å²) in [7, 11) is 2.98. The molecular weight excluding hydrogens is 334 g/mol. The Kier molecular flexibility index (Phi) is 5.41. The fourth-order valence-corrected chi connectivity index (χ4v) is 2.54. The maximum absolute atomic E-state index is 12.6. The first-order valence-electron chi connectivity index (χ1n) is 7.90. The van der Waals surface area contributed by atoms with E-state index in [-0.39, 0.29) is 17.2 Å². The quantitative estimate of drug-likeness (QED) is 0.303. The maximum atomic E-state index is 12.6. The predicted octanol–water partition coefficient (Wildman–Crippen LogP) is 0.138. The van der Waals surface area contributed by atoms with Crippen molar-refractivity contribution >= 4 is 11.9 Å². The van der Waals surface area contributed by atoms with Gasteiger partial charge in [-0.15, -0.1) is 5.10 Å². The molecule has 9 nitrogen and oxygen atoms in total. The van der Waals surface area contributed by atoms with Gasteiger partial charge in [0.2, 0.25) is 5.96 Å². The van der Waals surface area contributed by atoms with Crippen LogP contribution in [-0.2, 0) is 7.05 Å². The second kappa shape index (κ2) is 7.36. The van der Waals surface area contributed by atoms with Gasteiger partial charge in [-0.05, 0) is 43.0 Å². The topological polar surface area (TPSA) is 132 Å². The van der Waals surface area contributed by atoms with Gasteiger partial charge in [-0.3, -0.25) is 19.9 Å². The van der Waals surface area contributed by atoms with Crippen molar-refractivity contribution in [1.82, 2.24) is 20.1 Å². The second-order valence-corrected chi connectivity index (χ2v) is 6.09. The molecule has 138 valence electrons. The zero-order valence-electron chi connectivity index (χ0n) is 15.5. The van der Waals surface area contributed by atoms with Crippen LogP contribution in [0, 0.1) is 20.8 Å². The van der Waals surface area contributed by atoms with E-state index >= 15 is 0 Å². The third kappa shape index (κ3) is 3.57. The zero-order chi connectivity index (χ0) is 19.6. The summed E-state index contributed by atoms with van der Waals surface area (Å²) in [6.45, 7) is 5.64. The largest absolute Gasteiger partial charge is 0.320 e. The molecule has 5 N–H and O–H groups in total. The highest BCUT2D eigenvalue weighted by Crippen LogP contribution is 2.23. The summed E-state index contributed by atoms with van der Waals surface area (Å²) in [6.07, 6.45) is 0. The van der Waals surface area contributed by atoms with Gasteiger partial charge in [-0.2, -0.15) is 5.10 Å². The molecule has 0 aliphatic heterocycles. The van der Waals surface area contributed by atoms with E-state index in [4.69, 9.17) is 11.7 Å². The molecule has 0 spiro atoms. The van der Waals surface area contributed by atoms with E-state index in [0.29, 0.717) is 11.1 Å². The average molecular weight is 357 g/mol. The summed E-state index contributed by atoms with van der Waals surface area (Å²) in [5.74, 6) is 10.2. The van der Waals surface area contributed by atoms with Gasteiger partial charge in [0.25, 0.3) is 11.5 Å². The lowest BCUT2D eigenvalue weighted by Gasteiger charge is -2.16. The summed E-state index contributed by atoms with van der Waals surface area (Å²) in [4.78, 5) is 25.2. The van der Waals surface area contributed by atoms with Gasteiger partial charge in [0, 0.05) is 14.1 Å². The van der Waals surface area contributed by atoms with Crippen LogP contribution in [0.25, 0.3) is 11.1 Å². The van der Waals surface area contributed by atoms with Gasteiger partial charge in [0.15, 0.2) is 5.69 Å². The van der Waals surface area contributed by atoms with Crippen LogP contribution < -0.4 is 22.6 Å². The number of hydrazine groups is 1. The molecule has 1 amide bonds. The molecule has 0 atom stereocenters. The predicted molar refractivity (Wildman–Crippen MR) is 100 cm³/mol. The number of nitrogens with zero attached hydrogens (tertiary/aromatic N) is 4. The molecule has 1 aromatic carbocycles. The molecule has 26 heavy (non-hydrogen) atoms. The van der Waals surface area contributed by atoms with Crippen LogP contribution in [0.2, 0.25) is 0 Å². The summed E-state index contributed by atoms with van der Waals surface area (Å²) >= 11 is 0. The Morgan fingerprint density at radius 2 is 1.92 bits per heavy atom. The molecule has 9 heteroatoms. The number of rotatable bonds is 2. The number of hydrazone groups is 1. The SMILES string of the molecule is Cc1ccc(-c2c(C)c(C(=O)NC(=NN)N(C)N)nn(C)c2=O)cc1C. The number of carbonyl (C=O) groups excluding carboxylic acids is 1. The number of amides is 1. The number of benzene rings is 1. The standard InChI is InChI=1S/C17H23N7O2/c1-9-6-7-12(8-10(9)2)13-11(3)14(22-24(5)16(13)26)15(25)20-17(21-18)23(4)19/h6-8H,18-19H2,1-5H3,(H,20,21,25). The Balaban J connectivity index is 2.61. The Hall–Kier alpha value is -3.20. The zero-order valence-corrected chi connectivity index (χ0v) is 15.5. The van der Waals surface area contributed by atoms with Crippen LogP contribution in [-0.4, -0.2) is 33.7 Å². The van der Waals surface area contributed by atoms with Crippen molar-refractivity contribution in [3.63, 3.8) is 0 Å². The van der Waals surface area contributed by atoms with E-state index in [0.717, 1.165) is 26.4 Å². The van der Waals surface area contributed by atoms with Crippen LogP contribution in [0.3, 0.4) is 0 Å². The average Bonchev–Trinajstić information content (AvgIpc) is 2.58. The normalized spacial score (nSPS) is 11.4. The third-order valence-electron chi connectivity index (χ3n) is 4.18. The Morgan fingerprint density at radius 3 is 2.46 bits per heavy atom. The molecule has 2 rings (SSSR count). The fraction of sp³-hybridized carbons (Fsp3) is 0.294. The number of hydrogen-bond donors (Lipinski definition) is 3. The first-order valence-corrected chi connectivity index (χ1v) is 7.90. The van der Waals surface area contributed by atoms with Crippen LogP contribution in [0.4, 0.5) is 0 Å². The molecule has 0 saturated carbocycles. The molecule has 1 heterocycles. The van der Waals surface area contributed by atoms with Gasteiger partial charge in [0.1, 0.15) is 0 Å². The fourth-order valence-electron chi connectivity index (χ4n) is 2.54. The highest BCUT2D eigenvalue weighted by molar-refractivity contribution is 6.05. The van der Waals surface area contributed by atoms with Crippen LogP contribution in [0.5, 0.6) is 0 Å². The van der Waals surface area contributed by atoms with E-state index in [1.54, 1.807) is 6.92 Å². The van der Waals surface area contributed by atoms with E-state index in [1.165, 1.54) is 14.1 Å². The van der Waals surface area contributed by atoms with Gasteiger partial charge in [0.05, 0.1) is 5.56 Å². The monoisotopic (exact) mass is 357 g/mol. The molecule has 1 aromatic heterocycles. The van der Waals surface area contributed by atoms with Crippen LogP contribution >= 0.6 is 0 Å². The van der Waals surface area contributed by atoms with Crippen molar-refractivity contribution in [3.8, 4) is 11.1 Å². The van der Waals surface area contributed by atoms with Crippen molar-refractivity contribution in [2.75, 3.05) is 7.05 Å². The minimum absolute atomic E-state index is 0.0298. The first-order chi connectivity index (χ1) is 12.2. The van der Waals surface area contributed by atoms with Crippen molar-refractivity contribution in [2.45, 2.75) is 20.8 Å². The first kappa shape index (κ1) is 19.1. The van der Waals surface area contributed by atoms with Gasteiger partial charge in [-0.1, -0.05) is 18.2 Å². The Labute approximate surface area is 151 Å². The number of guanidine groups is 1. The molecule has 0 bridgehead atoms. The smallest absolute Gasteiger partial charge is 0.278 e. The van der Waals surface area contributed by atoms with Crippen LogP contribution in [0.15, 0.2) is 28.1 Å². The number of hydrogen-bond acceptors (Lipinski definition) is 6. The van der Waals surface area contributed by atoms with Crippen molar-refractivity contribution in [1.29, 1.82) is 0 Å². The Morgan fingerprint density at radius 1 is 1.27 bits per heavy atom. The van der Waals surface area contributed by atoms with Gasteiger partial charge < -0.3 is 5.84 Å².